The van der Waals surface area contributed by atoms with Gasteiger partial charge in [0.25, 0.3) is 0 Å². The molecule has 1 aliphatic carbocycles. The van der Waals surface area contributed by atoms with Gasteiger partial charge in [0.05, 0.1) is 6.04 Å². The maximum Gasteiger partial charge on any atom is 0.317 e. The topological polar surface area (TPSA) is 55.9 Å². The first-order valence-corrected chi connectivity index (χ1v) is 10.6. The lowest BCUT2D eigenvalue weighted by molar-refractivity contribution is -0.137. The van der Waals surface area contributed by atoms with E-state index in [4.69, 9.17) is 0 Å². The van der Waals surface area contributed by atoms with E-state index in [2.05, 4.69) is 17.1 Å². The number of carbonyl (C=O) groups excluding carboxylic acids is 2. The molecular weight excluding hydrogens is 328 g/mol. The predicted molar refractivity (Wildman–Crippen MR) is 103 cm³/mol. The normalized spacial score (nSPS) is 26.3. The first-order valence-electron chi connectivity index (χ1n) is 10.6. The minimum atomic E-state index is 0.0478. The van der Waals surface area contributed by atoms with Crippen molar-refractivity contribution >= 4 is 11.9 Å². The Morgan fingerprint density at radius 2 is 1.62 bits per heavy atom. The van der Waals surface area contributed by atoms with E-state index in [0.717, 1.165) is 32.2 Å². The Labute approximate surface area is 158 Å². The number of nitrogens with zero attached hydrogens (tertiary/aromatic N) is 3. The van der Waals surface area contributed by atoms with Gasteiger partial charge in [0.15, 0.2) is 0 Å². The molecule has 0 aromatic heterocycles. The van der Waals surface area contributed by atoms with Crippen molar-refractivity contribution in [3.05, 3.63) is 0 Å². The molecular formula is C20H36N4O2. The van der Waals surface area contributed by atoms with E-state index in [0.29, 0.717) is 38.1 Å². The van der Waals surface area contributed by atoms with Gasteiger partial charge in [0.1, 0.15) is 0 Å². The van der Waals surface area contributed by atoms with Crippen LogP contribution in [0.5, 0.6) is 0 Å². The summed E-state index contributed by atoms with van der Waals surface area (Å²) in [6.07, 6.45) is 9.37. The summed E-state index contributed by atoms with van der Waals surface area (Å²) in [5.74, 6) is 0.902. The third-order valence-corrected chi connectivity index (χ3v) is 6.56. The van der Waals surface area contributed by atoms with Crippen LogP contribution in [0.3, 0.4) is 0 Å². The molecule has 0 aromatic rings. The number of urea groups is 1. The second-order valence-electron chi connectivity index (χ2n) is 8.34. The Morgan fingerprint density at radius 3 is 2.19 bits per heavy atom. The lowest BCUT2D eigenvalue weighted by atomic mass is 9.94. The summed E-state index contributed by atoms with van der Waals surface area (Å²) in [5.41, 5.74) is 0. The minimum absolute atomic E-state index is 0.0478. The monoisotopic (exact) mass is 364 g/mol. The van der Waals surface area contributed by atoms with Gasteiger partial charge in [-0.05, 0) is 51.6 Å². The number of rotatable bonds is 5. The maximum absolute atomic E-state index is 12.7. The second kappa shape index (κ2) is 9.07. The third kappa shape index (κ3) is 4.51. The molecule has 0 aromatic carbocycles. The molecule has 148 valence electrons. The van der Waals surface area contributed by atoms with Crippen LogP contribution in [0.15, 0.2) is 0 Å². The van der Waals surface area contributed by atoms with Crippen LogP contribution >= 0.6 is 0 Å². The number of amides is 3. The Kier molecular flexibility index (Phi) is 6.79. The van der Waals surface area contributed by atoms with Crippen molar-refractivity contribution in [2.75, 3.05) is 39.8 Å². The van der Waals surface area contributed by atoms with Crippen LogP contribution in [0.25, 0.3) is 0 Å². The summed E-state index contributed by atoms with van der Waals surface area (Å²) in [7, 11) is 2.04. The zero-order chi connectivity index (χ0) is 18.5. The van der Waals surface area contributed by atoms with E-state index in [9.17, 15) is 9.59 Å². The van der Waals surface area contributed by atoms with Crippen molar-refractivity contribution in [1.29, 1.82) is 0 Å². The van der Waals surface area contributed by atoms with E-state index in [1.807, 2.05) is 16.8 Å². The zero-order valence-corrected chi connectivity index (χ0v) is 16.6. The van der Waals surface area contributed by atoms with Crippen LogP contribution < -0.4 is 5.32 Å². The quantitative estimate of drug-likeness (QED) is 0.814. The molecule has 3 rings (SSSR count). The van der Waals surface area contributed by atoms with E-state index in [-0.39, 0.29) is 18.0 Å². The van der Waals surface area contributed by atoms with Crippen molar-refractivity contribution in [2.45, 2.75) is 70.4 Å². The SMILES string of the molecule is CCCC(NC(=O)N1CCN(C(=O)C2CCCN2C)CC1)C1CCCC1. The second-order valence-corrected chi connectivity index (χ2v) is 8.34. The van der Waals surface area contributed by atoms with Crippen LogP contribution in [0.2, 0.25) is 0 Å². The summed E-state index contributed by atoms with van der Waals surface area (Å²) in [5, 5.41) is 3.31. The van der Waals surface area contributed by atoms with Gasteiger partial charge in [-0.1, -0.05) is 26.2 Å². The van der Waals surface area contributed by atoms with E-state index in [1.165, 1.54) is 25.7 Å². The summed E-state index contributed by atoms with van der Waals surface area (Å²) < 4.78 is 0. The number of nitrogens with one attached hydrogen (secondary N) is 1. The molecule has 2 heterocycles. The smallest absolute Gasteiger partial charge is 0.317 e. The molecule has 0 bridgehead atoms. The predicted octanol–water partition coefficient (Wildman–Crippen LogP) is 2.29. The van der Waals surface area contributed by atoms with Gasteiger partial charge in [-0.2, -0.15) is 0 Å². The van der Waals surface area contributed by atoms with E-state index >= 15 is 0 Å². The number of likely N-dealkylation sites (N-methyl/N-ethyl adjacent to an activating group) is 1. The highest BCUT2D eigenvalue weighted by atomic mass is 16.2. The highest BCUT2D eigenvalue weighted by Gasteiger charge is 2.34. The molecule has 2 saturated heterocycles. The fraction of sp³-hybridized carbons (Fsp3) is 0.900. The van der Waals surface area contributed by atoms with Crippen LogP contribution in [-0.4, -0.2) is 78.5 Å². The standard InChI is InChI=1S/C20H36N4O2/c1-3-7-17(16-8-4-5-9-16)21-20(26)24-14-12-23(13-15-24)19(25)18-10-6-11-22(18)2/h16-18H,3-15H2,1-2H3,(H,21,26). The Bertz CT molecular complexity index is 484. The number of hydrogen-bond donors (Lipinski definition) is 1. The zero-order valence-electron chi connectivity index (χ0n) is 16.6. The van der Waals surface area contributed by atoms with Crippen molar-refractivity contribution < 1.29 is 9.59 Å². The third-order valence-electron chi connectivity index (χ3n) is 6.56. The molecule has 26 heavy (non-hydrogen) atoms. The van der Waals surface area contributed by atoms with Crippen molar-refractivity contribution in [3.8, 4) is 0 Å². The van der Waals surface area contributed by atoms with Gasteiger partial charge in [0, 0.05) is 32.2 Å². The first-order chi connectivity index (χ1) is 12.6. The summed E-state index contributed by atoms with van der Waals surface area (Å²) in [6, 6.07) is 0.439. The number of likely N-dealkylation sites (tertiary alicyclic amines) is 1. The fourth-order valence-electron chi connectivity index (χ4n) is 4.91. The molecule has 6 nitrogen and oxygen atoms in total. The number of hydrogen-bond acceptors (Lipinski definition) is 3. The highest BCUT2D eigenvalue weighted by Crippen LogP contribution is 2.29. The molecule has 0 spiro atoms. The minimum Gasteiger partial charge on any atom is -0.338 e. The maximum atomic E-state index is 12.7. The van der Waals surface area contributed by atoms with Gasteiger partial charge in [-0.25, -0.2) is 4.79 Å². The molecule has 2 atom stereocenters. The molecule has 2 unspecified atom stereocenters. The Morgan fingerprint density at radius 1 is 0.962 bits per heavy atom. The van der Waals surface area contributed by atoms with E-state index in [1.54, 1.807) is 0 Å². The lowest BCUT2D eigenvalue weighted by Gasteiger charge is -2.38. The Balaban J connectivity index is 1.47. The van der Waals surface area contributed by atoms with Gasteiger partial charge >= 0.3 is 6.03 Å². The molecule has 1 saturated carbocycles. The highest BCUT2D eigenvalue weighted by molar-refractivity contribution is 5.82. The molecule has 3 aliphatic rings. The largest absolute Gasteiger partial charge is 0.338 e. The molecule has 3 amide bonds. The van der Waals surface area contributed by atoms with E-state index < -0.39 is 0 Å². The summed E-state index contributed by atoms with van der Waals surface area (Å²) >= 11 is 0. The van der Waals surface area contributed by atoms with Crippen LogP contribution in [0.4, 0.5) is 4.79 Å². The lowest BCUT2D eigenvalue weighted by Crippen LogP contribution is -2.57. The summed E-state index contributed by atoms with van der Waals surface area (Å²) in [6.45, 7) is 5.84. The van der Waals surface area contributed by atoms with Crippen LogP contribution in [0, 0.1) is 5.92 Å². The average molecular weight is 365 g/mol. The molecule has 2 aliphatic heterocycles. The number of piperazine rings is 1. The molecule has 3 fully saturated rings. The van der Waals surface area contributed by atoms with Gasteiger partial charge in [-0.15, -0.1) is 0 Å². The van der Waals surface area contributed by atoms with Gasteiger partial charge in [-0.3, -0.25) is 9.69 Å². The van der Waals surface area contributed by atoms with Crippen molar-refractivity contribution in [3.63, 3.8) is 0 Å². The van der Waals surface area contributed by atoms with Gasteiger partial charge in [0.2, 0.25) is 5.91 Å². The average Bonchev–Trinajstić information content (AvgIpc) is 3.32. The van der Waals surface area contributed by atoms with Gasteiger partial charge < -0.3 is 15.1 Å². The van der Waals surface area contributed by atoms with Crippen molar-refractivity contribution in [1.82, 2.24) is 20.0 Å². The van der Waals surface area contributed by atoms with Crippen molar-refractivity contribution in [2.24, 2.45) is 5.92 Å². The van der Waals surface area contributed by atoms with Crippen LogP contribution in [-0.2, 0) is 4.79 Å². The van der Waals surface area contributed by atoms with Crippen LogP contribution in [0.1, 0.15) is 58.3 Å². The summed E-state index contributed by atoms with van der Waals surface area (Å²) in [4.78, 5) is 31.4. The molecule has 1 N–H and O–H groups in total. The fourth-order valence-corrected chi connectivity index (χ4v) is 4.91. The number of carbonyl (C=O) groups is 2. The Hall–Kier alpha value is -1.30. The molecule has 0 radical (unpaired) electrons. The molecule has 6 heteroatoms. The first kappa shape index (κ1) is 19.5.